The summed E-state index contributed by atoms with van der Waals surface area (Å²) in [5, 5.41) is 3.32. The van der Waals surface area contributed by atoms with Gasteiger partial charge in [-0.3, -0.25) is 0 Å². The minimum absolute atomic E-state index is 0.0484. The summed E-state index contributed by atoms with van der Waals surface area (Å²) in [5.74, 6) is 2.67. The van der Waals surface area contributed by atoms with Crippen LogP contribution in [-0.4, -0.2) is 17.6 Å². The molecule has 0 aliphatic carbocycles. The van der Waals surface area contributed by atoms with E-state index in [1.165, 1.54) is 0 Å². The number of anilines is 1. The molecule has 0 aliphatic rings. The lowest BCUT2D eigenvalue weighted by molar-refractivity contribution is 0.374. The van der Waals surface area contributed by atoms with Gasteiger partial charge in [-0.05, 0) is 51.5 Å². The molecule has 0 bridgehead atoms. The highest BCUT2D eigenvalue weighted by molar-refractivity contribution is 5.45. The summed E-state index contributed by atoms with van der Waals surface area (Å²) >= 11 is 0. The second-order valence-corrected chi connectivity index (χ2v) is 5.99. The van der Waals surface area contributed by atoms with Crippen LogP contribution in [0.3, 0.4) is 0 Å². The maximum atomic E-state index is 5.83. The maximum absolute atomic E-state index is 5.83. The number of nitrogens with one attached hydrogen (secondary N) is 1. The van der Waals surface area contributed by atoms with Gasteiger partial charge >= 0.3 is 0 Å². The lowest BCUT2D eigenvalue weighted by atomic mass is 10.1. The van der Waals surface area contributed by atoms with Crippen LogP contribution in [0.25, 0.3) is 0 Å². The Hall–Kier alpha value is -2.23. The number of methoxy groups -OCH3 is 1. The smallest absolute Gasteiger partial charge is 0.221 e. The first-order valence-corrected chi connectivity index (χ1v) is 6.95. The third-order valence-corrected chi connectivity index (χ3v) is 2.76. The molecule has 0 aliphatic heterocycles. The molecule has 21 heavy (non-hydrogen) atoms. The number of ether oxygens (including phenoxy) is 2. The molecule has 1 N–H and O–H groups in total. The zero-order valence-corrected chi connectivity index (χ0v) is 13.2. The van der Waals surface area contributed by atoms with Gasteiger partial charge in [0.15, 0.2) is 11.5 Å². The van der Waals surface area contributed by atoms with Crippen molar-refractivity contribution in [2.75, 3.05) is 12.4 Å². The largest absolute Gasteiger partial charge is 0.493 e. The van der Waals surface area contributed by atoms with E-state index in [0.717, 1.165) is 11.4 Å². The molecule has 2 aromatic rings. The van der Waals surface area contributed by atoms with Gasteiger partial charge in [-0.25, -0.2) is 0 Å². The Morgan fingerprint density at radius 3 is 2.48 bits per heavy atom. The number of benzene rings is 1. The fourth-order valence-electron chi connectivity index (χ4n) is 1.90. The summed E-state index contributed by atoms with van der Waals surface area (Å²) in [6.45, 7) is 8.28. The molecule has 0 fully saturated rings. The number of aryl methyl sites for hydroxylation is 1. The molecule has 0 amide bonds. The van der Waals surface area contributed by atoms with Crippen molar-refractivity contribution in [1.29, 1.82) is 0 Å². The zero-order chi connectivity index (χ0) is 15.5. The molecule has 4 heteroatoms. The molecule has 0 atom stereocenters. The fourth-order valence-corrected chi connectivity index (χ4v) is 1.90. The van der Waals surface area contributed by atoms with Crippen molar-refractivity contribution >= 4 is 5.82 Å². The van der Waals surface area contributed by atoms with Crippen LogP contribution in [0, 0.1) is 6.92 Å². The molecule has 1 heterocycles. The van der Waals surface area contributed by atoms with Crippen LogP contribution in [0.4, 0.5) is 5.82 Å². The Labute approximate surface area is 126 Å². The van der Waals surface area contributed by atoms with Gasteiger partial charge < -0.3 is 14.8 Å². The Kier molecular flexibility index (Phi) is 4.36. The molecule has 1 aromatic carbocycles. The number of hydrogen-bond acceptors (Lipinski definition) is 4. The Morgan fingerprint density at radius 1 is 1.05 bits per heavy atom. The van der Waals surface area contributed by atoms with Crippen LogP contribution in [0.2, 0.25) is 0 Å². The van der Waals surface area contributed by atoms with Gasteiger partial charge in [0, 0.05) is 11.6 Å². The first-order valence-electron chi connectivity index (χ1n) is 6.95. The topological polar surface area (TPSA) is 43.4 Å². The third-order valence-electron chi connectivity index (χ3n) is 2.76. The minimum Gasteiger partial charge on any atom is -0.493 e. The molecule has 0 saturated heterocycles. The molecule has 2 rings (SSSR count). The highest BCUT2D eigenvalue weighted by atomic mass is 16.5. The normalized spacial score (nSPS) is 11.1. The van der Waals surface area contributed by atoms with E-state index in [1.54, 1.807) is 7.11 Å². The van der Waals surface area contributed by atoms with Gasteiger partial charge in [-0.2, -0.15) is 4.98 Å². The molecule has 1 aromatic heterocycles. The molecule has 112 valence electrons. The van der Waals surface area contributed by atoms with Gasteiger partial charge in [0.25, 0.3) is 0 Å². The molecule has 0 unspecified atom stereocenters. The second-order valence-electron chi connectivity index (χ2n) is 5.99. The average molecular weight is 286 g/mol. The summed E-state index contributed by atoms with van der Waals surface area (Å²) in [6, 6.07) is 11.5. The van der Waals surface area contributed by atoms with Crippen LogP contribution < -0.4 is 14.8 Å². The number of hydrogen-bond donors (Lipinski definition) is 1. The molecule has 0 spiro atoms. The predicted octanol–water partition coefficient (Wildman–Crippen LogP) is 4.40. The first-order chi connectivity index (χ1) is 9.87. The third kappa shape index (κ3) is 4.38. The number of aromatic nitrogens is 1. The Bertz CT molecular complexity index is 618. The van der Waals surface area contributed by atoms with Crippen LogP contribution in [-0.2, 0) is 0 Å². The number of pyridine rings is 1. The second kappa shape index (κ2) is 6.04. The summed E-state index contributed by atoms with van der Waals surface area (Å²) in [4.78, 5) is 4.46. The molecular weight excluding hydrogens is 264 g/mol. The van der Waals surface area contributed by atoms with Crippen LogP contribution in [0.1, 0.15) is 26.3 Å². The lowest BCUT2D eigenvalue weighted by Gasteiger charge is -2.21. The quantitative estimate of drug-likeness (QED) is 0.904. The summed E-state index contributed by atoms with van der Waals surface area (Å²) < 4.78 is 11.2. The van der Waals surface area contributed by atoms with Gasteiger partial charge in [0.2, 0.25) is 5.88 Å². The zero-order valence-electron chi connectivity index (χ0n) is 13.2. The highest BCUT2D eigenvalue weighted by Crippen LogP contribution is 2.31. The van der Waals surface area contributed by atoms with Crippen molar-refractivity contribution in [2.45, 2.75) is 33.2 Å². The Balaban J connectivity index is 2.22. The molecule has 4 nitrogen and oxygen atoms in total. The van der Waals surface area contributed by atoms with E-state index in [9.17, 15) is 0 Å². The van der Waals surface area contributed by atoms with E-state index in [1.807, 2.05) is 43.3 Å². The number of nitrogens with zero attached hydrogens (tertiary/aromatic N) is 1. The van der Waals surface area contributed by atoms with E-state index in [4.69, 9.17) is 9.47 Å². The number of rotatable bonds is 4. The van der Waals surface area contributed by atoms with Crippen molar-refractivity contribution < 1.29 is 9.47 Å². The van der Waals surface area contributed by atoms with Gasteiger partial charge in [-0.1, -0.05) is 12.1 Å². The van der Waals surface area contributed by atoms with Gasteiger partial charge in [-0.15, -0.1) is 0 Å². The minimum atomic E-state index is -0.0484. The highest BCUT2D eigenvalue weighted by Gasteiger charge is 2.11. The van der Waals surface area contributed by atoms with E-state index >= 15 is 0 Å². The van der Waals surface area contributed by atoms with Crippen molar-refractivity contribution in [3.8, 4) is 17.4 Å². The standard InChI is InChI=1S/C17H22N2O2/c1-12-9-10-13(14(11-12)20-5)21-16-8-6-7-15(18-16)19-17(2,3)4/h6-11H,1-5H3,(H,18,19). The van der Waals surface area contributed by atoms with E-state index < -0.39 is 0 Å². The SMILES string of the molecule is COc1cc(C)ccc1Oc1cccc(NC(C)(C)C)n1. The van der Waals surface area contributed by atoms with Crippen LogP contribution >= 0.6 is 0 Å². The summed E-state index contributed by atoms with van der Waals surface area (Å²) in [5.41, 5.74) is 1.07. The van der Waals surface area contributed by atoms with Crippen LogP contribution in [0.15, 0.2) is 36.4 Å². The monoisotopic (exact) mass is 286 g/mol. The Morgan fingerprint density at radius 2 is 1.81 bits per heavy atom. The van der Waals surface area contributed by atoms with Crippen molar-refractivity contribution in [3.63, 3.8) is 0 Å². The molecule has 0 saturated carbocycles. The van der Waals surface area contributed by atoms with Gasteiger partial charge in [0.1, 0.15) is 5.82 Å². The molecular formula is C17H22N2O2. The van der Waals surface area contributed by atoms with Crippen molar-refractivity contribution in [1.82, 2.24) is 4.98 Å². The fraction of sp³-hybridized carbons (Fsp3) is 0.353. The van der Waals surface area contributed by atoms with E-state index in [-0.39, 0.29) is 5.54 Å². The van der Waals surface area contributed by atoms with Crippen LogP contribution in [0.5, 0.6) is 17.4 Å². The lowest BCUT2D eigenvalue weighted by Crippen LogP contribution is -2.26. The average Bonchev–Trinajstić information content (AvgIpc) is 2.39. The van der Waals surface area contributed by atoms with Gasteiger partial charge in [0.05, 0.1) is 7.11 Å². The van der Waals surface area contributed by atoms with E-state index in [2.05, 4.69) is 31.1 Å². The summed E-state index contributed by atoms with van der Waals surface area (Å²) in [6.07, 6.45) is 0. The summed E-state index contributed by atoms with van der Waals surface area (Å²) in [7, 11) is 1.63. The molecule has 0 radical (unpaired) electrons. The van der Waals surface area contributed by atoms with E-state index in [0.29, 0.717) is 17.4 Å². The maximum Gasteiger partial charge on any atom is 0.221 e. The predicted molar refractivity (Wildman–Crippen MR) is 85.4 cm³/mol. The van der Waals surface area contributed by atoms with Crippen molar-refractivity contribution in [3.05, 3.63) is 42.0 Å². The van der Waals surface area contributed by atoms with Crippen molar-refractivity contribution in [2.24, 2.45) is 0 Å². The first kappa shape index (κ1) is 15.2.